The molecule has 170 valence electrons. The third-order valence-electron chi connectivity index (χ3n) is 5.46. The number of ether oxygens (including phenoxy) is 3. The van der Waals surface area contributed by atoms with Gasteiger partial charge in [-0.25, -0.2) is 4.98 Å². The number of hydrogen-bond acceptors (Lipinski definition) is 5. The smallest absolute Gasteiger partial charge is 0.213 e. The molecule has 0 amide bonds. The fraction of sp³-hybridized carbons (Fsp3) is 0.727. The van der Waals surface area contributed by atoms with Crippen LogP contribution in [0.15, 0.2) is 23.3 Å². The first-order chi connectivity index (χ1) is 14.3. The van der Waals surface area contributed by atoms with Crippen molar-refractivity contribution in [2.24, 2.45) is 10.9 Å². The van der Waals surface area contributed by atoms with Crippen LogP contribution in [0.4, 0.5) is 0 Å². The molecule has 1 unspecified atom stereocenters. The lowest BCUT2D eigenvalue weighted by Gasteiger charge is -2.22. The highest BCUT2D eigenvalue weighted by molar-refractivity contribution is 14.0. The highest BCUT2D eigenvalue weighted by Crippen LogP contribution is 2.22. The minimum atomic E-state index is 0. The third kappa shape index (κ3) is 9.34. The maximum Gasteiger partial charge on any atom is 0.213 e. The van der Waals surface area contributed by atoms with E-state index in [-0.39, 0.29) is 24.0 Å². The molecular weight excluding hydrogens is 495 g/mol. The van der Waals surface area contributed by atoms with Crippen molar-refractivity contribution < 1.29 is 14.2 Å². The Hall–Kier alpha value is -1.13. The van der Waals surface area contributed by atoms with Gasteiger partial charge in [0.25, 0.3) is 0 Å². The van der Waals surface area contributed by atoms with Crippen LogP contribution in [-0.2, 0) is 16.0 Å². The molecule has 1 atom stereocenters. The number of nitrogens with zero attached hydrogens (tertiary/aromatic N) is 2. The van der Waals surface area contributed by atoms with Gasteiger partial charge >= 0.3 is 0 Å². The molecule has 8 heteroatoms. The van der Waals surface area contributed by atoms with E-state index in [2.05, 4.69) is 26.7 Å². The van der Waals surface area contributed by atoms with Gasteiger partial charge in [-0.2, -0.15) is 0 Å². The second-order valence-corrected chi connectivity index (χ2v) is 7.89. The zero-order valence-electron chi connectivity index (χ0n) is 18.1. The topological polar surface area (TPSA) is 77.0 Å². The van der Waals surface area contributed by atoms with Gasteiger partial charge in [-0.15, -0.1) is 24.0 Å². The van der Waals surface area contributed by atoms with Gasteiger partial charge in [0.1, 0.15) is 6.10 Å². The van der Waals surface area contributed by atoms with Crippen molar-refractivity contribution in [3.8, 4) is 5.88 Å². The zero-order chi connectivity index (χ0) is 20.2. The Morgan fingerprint density at radius 1 is 1.20 bits per heavy atom. The van der Waals surface area contributed by atoms with Crippen LogP contribution in [-0.4, -0.2) is 57.1 Å². The zero-order valence-corrected chi connectivity index (χ0v) is 20.4. The van der Waals surface area contributed by atoms with E-state index in [9.17, 15) is 0 Å². The lowest BCUT2D eigenvalue weighted by molar-refractivity contribution is 0.0888. The van der Waals surface area contributed by atoms with Gasteiger partial charge in [-0.1, -0.05) is 12.5 Å². The molecule has 0 spiro atoms. The molecule has 7 nitrogen and oxygen atoms in total. The molecule has 30 heavy (non-hydrogen) atoms. The standard InChI is InChI=1S/C22H36N4O3.HI/c1-23-22(24-11-5-12-27-16-19-10-13-28-17-19)26-15-18-8-9-21(25-14-18)29-20-6-3-2-4-7-20;/h8-9,14,19-20H,2-7,10-13,15-17H2,1H3,(H2,23,24,26);1H. The summed E-state index contributed by atoms with van der Waals surface area (Å²) in [5.74, 6) is 2.09. The Labute approximate surface area is 197 Å². The summed E-state index contributed by atoms with van der Waals surface area (Å²) < 4.78 is 17.1. The van der Waals surface area contributed by atoms with Crippen LogP contribution in [0.5, 0.6) is 5.88 Å². The second kappa shape index (κ2) is 14.8. The molecule has 1 aromatic rings. The Balaban J connectivity index is 0.00000320. The van der Waals surface area contributed by atoms with Crippen molar-refractivity contribution in [2.75, 3.05) is 40.0 Å². The second-order valence-electron chi connectivity index (χ2n) is 7.89. The van der Waals surface area contributed by atoms with Gasteiger partial charge in [0.15, 0.2) is 5.96 Å². The summed E-state index contributed by atoms with van der Waals surface area (Å²) in [4.78, 5) is 8.73. The van der Waals surface area contributed by atoms with E-state index in [1.165, 1.54) is 19.3 Å². The molecule has 2 fully saturated rings. The Morgan fingerprint density at radius 3 is 2.77 bits per heavy atom. The Kier molecular flexibility index (Phi) is 12.4. The van der Waals surface area contributed by atoms with Gasteiger partial charge in [0.2, 0.25) is 5.88 Å². The van der Waals surface area contributed by atoms with Crippen molar-refractivity contribution in [3.63, 3.8) is 0 Å². The summed E-state index contributed by atoms with van der Waals surface area (Å²) in [5, 5.41) is 6.65. The van der Waals surface area contributed by atoms with E-state index in [1.807, 2.05) is 12.3 Å². The lowest BCUT2D eigenvalue weighted by atomic mass is 9.98. The normalized spacial score (nSPS) is 19.9. The summed E-state index contributed by atoms with van der Waals surface area (Å²) in [7, 11) is 1.78. The molecule has 1 aliphatic carbocycles. The van der Waals surface area contributed by atoms with Gasteiger partial charge in [-0.05, 0) is 44.1 Å². The summed E-state index contributed by atoms with van der Waals surface area (Å²) in [6.45, 7) is 4.79. The van der Waals surface area contributed by atoms with Gasteiger partial charge in [-0.3, -0.25) is 4.99 Å². The summed E-state index contributed by atoms with van der Waals surface area (Å²) in [5.41, 5.74) is 1.10. The molecule has 3 rings (SSSR count). The first-order valence-corrected chi connectivity index (χ1v) is 11.0. The van der Waals surface area contributed by atoms with Crippen LogP contribution in [0.3, 0.4) is 0 Å². The molecule has 1 aliphatic heterocycles. The van der Waals surface area contributed by atoms with Crippen LogP contribution in [0, 0.1) is 5.92 Å². The van der Waals surface area contributed by atoms with Crippen molar-refractivity contribution in [3.05, 3.63) is 23.9 Å². The van der Waals surface area contributed by atoms with Gasteiger partial charge < -0.3 is 24.8 Å². The average Bonchev–Trinajstić information content (AvgIpc) is 3.28. The van der Waals surface area contributed by atoms with Crippen molar-refractivity contribution >= 4 is 29.9 Å². The van der Waals surface area contributed by atoms with E-state index in [0.29, 0.717) is 18.6 Å². The van der Waals surface area contributed by atoms with E-state index >= 15 is 0 Å². The average molecular weight is 532 g/mol. The van der Waals surface area contributed by atoms with E-state index in [0.717, 1.165) is 76.1 Å². The molecule has 0 radical (unpaired) electrons. The molecule has 2 aliphatic rings. The molecule has 1 saturated heterocycles. The highest BCUT2D eigenvalue weighted by atomic mass is 127. The minimum absolute atomic E-state index is 0. The third-order valence-corrected chi connectivity index (χ3v) is 5.46. The number of nitrogens with one attached hydrogen (secondary N) is 2. The molecule has 2 N–H and O–H groups in total. The summed E-state index contributed by atoms with van der Waals surface area (Å²) in [6, 6.07) is 4.03. The van der Waals surface area contributed by atoms with Crippen LogP contribution in [0.2, 0.25) is 0 Å². The van der Waals surface area contributed by atoms with Crippen molar-refractivity contribution in [1.29, 1.82) is 0 Å². The highest BCUT2D eigenvalue weighted by Gasteiger charge is 2.16. The number of rotatable bonds is 10. The SMILES string of the molecule is CN=C(NCCCOCC1CCOC1)NCc1ccc(OC2CCCCC2)nc1.I. The fourth-order valence-corrected chi connectivity index (χ4v) is 3.69. The number of aromatic nitrogens is 1. The number of aliphatic imine (C=N–C) groups is 1. The fourth-order valence-electron chi connectivity index (χ4n) is 3.69. The Bertz CT molecular complexity index is 603. The number of pyridine rings is 1. The Morgan fingerprint density at radius 2 is 2.07 bits per heavy atom. The lowest BCUT2D eigenvalue weighted by Crippen LogP contribution is -2.37. The monoisotopic (exact) mass is 532 g/mol. The van der Waals surface area contributed by atoms with E-state index in [1.54, 1.807) is 7.05 Å². The molecule has 2 heterocycles. The van der Waals surface area contributed by atoms with Crippen LogP contribution in [0.25, 0.3) is 0 Å². The first kappa shape index (κ1) is 25.1. The molecule has 1 aromatic heterocycles. The number of guanidine groups is 1. The maximum absolute atomic E-state index is 5.99. The summed E-state index contributed by atoms with van der Waals surface area (Å²) in [6.07, 6.45) is 10.4. The number of hydrogen-bond donors (Lipinski definition) is 2. The van der Waals surface area contributed by atoms with Crippen LogP contribution >= 0.6 is 24.0 Å². The molecular formula is C22H37IN4O3. The van der Waals surface area contributed by atoms with E-state index in [4.69, 9.17) is 14.2 Å². The van der Waals surface area contributed by atoms with Crippen LogP contribution in [0.1, 0.15) is 50.5 Å². The van der Waals surface area contributed by atoms with Gasteiger partial charge in [0.05, 0.1) is 13.2 Å². The quantitative estimate of drug-likeness (QED) is 0.208. The molecule has 0 aromatic carbocycles. The largest absolute Gasteiger partial charge is 0.474 e. The van der Waals surface area contributed by atoms with Gasteiger partial charge in [0, 0.05) is 51.5 Å². The van der Waals surface area contributed by atoms with Crippen molar-refractivity contribution in [2.45, 2.75) is 57.6 Å². The van der Waals surface area contributed by atoms with E-state index < -0.39 is 0 Å². The molecule has 1 saturated carbocycles. The first-order valence-electron chi connectivity index (χ1n) is 11.0. The predicted molar refractivity (Wildman–Crippen MR) is 130 cm³/mol. The van der Waals surface area contributed by atoms with Crippen LogP contribution < -0.4 is 15.4 Å². The predicted octanol–water partition coefficient (Wildman–Crippen LogP) is 3.52. The number of halogens is 1. The summed E-state index contributed by atoms with van der Waals surface area (Å²) >= 11 is 0. The van der Waals surface area contributed by atoms with Crippen molar-refractivity contribution in [1.82, 2.24) is 15.6 Å². The minimum Gasteiger partial charge on any atom is -0.474 e. The molecule has 0 bridgehead atoms. The maximum atomic E-state index is 5.99.